The molecule has 0 bridgehead atoms. The van der Waals surface area contributed by atoms with Gasteiger partial charge in [0, 0.05) is 0 Å². The van der Waals surface area contributed by atoms with Crippen molar-refractivity contribution in [3.63, 3.8) is 0 Å². The van der Waals surface area contributed by atoms with Gasteiger partial charge in [-0.1, -0.05) is 0 Å². The molecule has 0 saturated heterocycles. The number of hydrogen-bond donors (Lipinski definition) is 0. The Labute approximate surface area is 115 Å². The molecular weight excluding hydrogens is 312 g/mol. The number of benzene rings is 1. The van der Waals surface area contributed by atoms with Crippen LogP contribution in [0.5, 0.6) is 0 Å². The molecule has 0 unspecified atom stereocenters. The number of hydrogen-bond acceptors (Lipinski definition) is 0. The zero-order chi connectivity index (χ0) is 12.5. The zero-order valence-corrected chi connectivity index (χ0v) is 14.0. The summed E-state index contributed by atoms with van der Waals surface area (Å²) in [7, 11) is 13.5. The summed E-state index contributed by atoms with van der Waals surface area (Å²) in [5.74, 6) is 0. The standard InChI is InChI=1S/C14H18Cl2Ge/c1-3-7-11-12-9-5-6-10-14(12)17(15,16)13(11)8-4-2/h5-6,9-10H,3-4,7-8H2,1-2H3. The Morgan fingerprint density at radius 2 is 1.65 bits per heavy atom. The SMILES string of the molecule is CCCC1=[C](CCC)[Ge]([Cl])([Cl])[c]2ccccc21. The molecule has 92 valence electrons. The fourth-order valence-electron chi connectivity index (χ4n) is 2.63. The van der Waals surface area contributed by atoms with Gasteiger partial charge in [0.25, 0.3) is 0 Å². The van der Waals surface area contributed by atoms with Crippen LogP contribution in [0.1, 0.15) is 45.1 Å². The van der Waals surface area contributed by atoms with Crippen LogP contribution in [0, 0.1) is 0 Å². The van der Waals surface area contributed by atoms with Crippen molar-refractivity contribution >= 4 is 41.4 Å². The molecule has 0 atom stereocenters. The summed E-state index contributed by atoms with van der Waals surface area (Å²) in [6, 6.07) is 8.47. The first-order chi connectivity index (χ1) is 8.12. The van der Waals surface area contributed by atoms with E-state index in [2.05, 4.69) is 38.1 Å². The van der Waals surface area contributed by atoms with Gasteiger partial charge >= 0.3 is 115 Å². The quantitative estimate of drug-likeness (QED) is 0.701. The summed E-state index contributed by atoms with van der Waals surface area (Å²) in [5, 5.41) is 0. The maximum atomic E-state index is 6.77. The third-order valence-corrected chi connectivity index (χ3v) is 12.9. The molecule has 0 aromatic heterocycles. The first-order valence-corrected chi connectivity index (χ1v) is 13.9. The summed E-state index contributed by atoms with van der Waals surface area (Å²) >= 11 is -2.94. The monoisotopic (exact) mass is 330 g/mol. The fraction of sp³-hybridized carbons (Fsp3) is 0.429. The number of halogens is 2. The summed E-state index contributed by atoms with van der Waals surface area (Å²) in [5.41, 5.74) is 2.79. The Hall–Kier alpha value is 0.0829. The van der Waals surface area contributed by atoms with Crippen LogP contribution < -0.4 is 4.40 Å². The van der Waals surface area contributed by atoms with Gasteiger partial charge < -0.3 is 0 Å². The van der Waals surface area contributed by atoms with Crippen molar-refractivity contribution in [3.8, 4) is 0 Å². The van der Waals surface area contributed by atoms with Gasteiger partial charge in [-0.15, -0.1) is 0 Å². The zero-order valence-electron chi connectivity index (χ0n) is 10.4. The van der Waals surface area contributed by atoms with E-state index in [0.29, 0.717) is 0 Å². The van der Waals surface area contributed by atoms with Gasteiger partial charge in [0.2, 0.25) is 0 Å². The van der Waals surface area contributed by atoms with Crippen molar-refractivity contribution in [1.29, 1.82) is 0 Å². The molecule has 0 fully saturated rings. The second-order valence-electron chi connectivity index (χ2n) is 4.58. The van der Waals surface area contributed by atoms with Gasteiger partial charge in [0.1, 0.15) is 0 Å². The average Bonchev–Trinajstić information content (AvgIpc) is 2.52. The van der Waals surface area contributed by atoms with E-state index >= 15 is 0 Å². The van der Waals surface area contributed by atoms with Crippen LogP contribution in [-0.4, -0.2) is 11.4 Å². The molecule has 1 aliphatic heterocycles. The molecule has 2 rings (SSSR count). The maximum absolute atomic E-state index is 6.77. The first kappa shape index (κ1) is 13.5. The van der Waals surface area contributed by atoms with Crippen LogP contribution in [0.25, 0.3) is 5.57 Å². The Balaban J connectivity index is 2.56. The molecule has 0 N–H and O–H groups in total. The summed E-state index contributed by atoms with van der Waals surface area (Å²) in [6.07, 6.45) is 4.46. The molecule has 0 saturated carbocycles. The number of rotatable bonds is 4. The Morgan fingerprint density at radius 1 is 1.00 bits per heavy atom. The van der Waals surface area contributed by atoms with E-state index in [-0.39, 0.29) is 0 Å². The normalized spacial score (nSPS) is 17.4. The van der Waals surface area contributed by atoms with Crippen LogP contribution >= 0.6 is 20.0 Å². The van der Waals surface area contributed by atoms with Crippen molar-refractivity contribution in [3.05, 3.63) is 34.2 Å². The van der Waals surface area contributed by atoms with E-state index in [1.807, 2.05) is 0 Å². The van der Waals surface area contributed by atoms with Crippen LogP contribution in [-0.2, 0) is 0 Å². The Bertz CT molecular complexity index is 449. The summed E-state index contributed by atoms with van der Waals surface area (Å²) < 4.78 is 2.65. The number of fused-ring (bicyclic) bond motifs is 1. The molecule has 0 aliphatic carbocycles. The van der Waals surface area contributed by atoms with E-state index in [1.54, 1.807) is 0 Å². The van der Waals surface area contributed by atoms with Crippen LogP contribution in [0.4, 0.5) is 0 Å². The second-order valence-corrected chi connectivity index (χ2v) is 16.3. The van der Waals surface area contributed by atoms with Crippen molar-refractivity contribution in [2.75, 3.05) is 0 Å². The molecule has 0 spiro atoms. The van der Waals surface area contributed by atoms with Gasteiger partial charge in [-0.05, 0) is 0 Å². The fourth-order valence-corrected chi connectivity index (χ4v) is 11.6. The topological polar surface area (TPSA) is 0 Å². The summed E-state index contributed by atoms with van der Waals surface area (Å²) in [4.78, 5) is 0. The molecule has 0 amide bonds. The summed E-state index contributed by atoms with van der Waals surface area (Å²) in [6.45, 7) is 4.42. The van der Waals surface area contributed by atoms with E-state index in [9.17, 15) is 0 Å². The Kier molecular flexibility index (Phi) is 4.27. The van der Waals surface area contributed by atoms with Crippen molar-refractivity contribution in [2.45, 2.75) is 39.5 Å². The average molecular weight is 330 g/mol. The minimum absolute atomic E-state index is 1.07. The van der Waals surface area contributed by atoms with E-state index in [4.69, 9.17) is 20.0 Å². The molecule has 0 nitrogen and oxygen atoms in total. The predicted molar refractivity (Wildman–Crippen MR) is 80.3 cm³/mol. The first-order valence-electron chi connectivity index (χ1n) is 6.33. The molecule has 1 aliphatic rings. The van der Waals surface area contributed by atoms with Gasteiger partial charge in [-0.2, -0.15) is 0 Å². The van der Waals surface area contributed by atoms with Gasteiger partial charge in [0.15, 0.2) is 0 Å². The van der Waals surface area contributed by atoms with Gasteiger partial charge in [-0.25, -0.2) is 0 Å². The molecule has 3 heteroatoms. The third-order valence-electron chi connectivity index (χ3n) is 3.33. The Morgan fingerprint density at radius 3 is 2.29 bits per heavy atom. The van der Waals surface area contributed by atoms with Crippen LogP contribution in [0.2, 0.25) is 0 Å². The molecule has 0 radical (unpaired) electrons. The molecule has 1 aromatic rings. The van der Waals surface area contributed by atoms with Gasteiger partial charge in [0.05, 0.1) is 0 Å². The van der Waals surface area contributed by atoms with Crippen molar-refractivity contribution in [1.82, 2.24) is 0 Å². The van der Waals surface area contributed by atoms with E-state index < -0.39 is 11.4 Å². The third kappa shape index (κ3) is 2.32. The minimum atomic E-state index is -2.94. The molecule has 1 heterocycles. The van der Waals surface area contributed by atoms with Crippen LogP contribution in [0.15, 0.2) is 28.7 Å². The van der Waals surface area contributed by atoms with E-state index in [0.717, 1.165) is 25.7 Å². The molecule has 17 heavy (non-hydrogen) atoms. The molecular formula is C14H18Cl2Ge. The van der Waals surface area contributed by atoms with Crippen LogP contribution in [0.3, 0.4) is 0 Å². The van der Waals surface area contributed by atoms with Crippen molar-refractivity contribution in [2.24, 2.45) is 0 Å². The second kappa shape index (κ2) is 5.38. The van der Waals surface area contributed by atoms with Crippen molar-refractivity contribution < 1.29 is 0 Å². The predicted octanol–water partition coefficient (Wildman–Crippen LogP) is 4.72. The van der Waals surface area contributed by atoms with Gasteiger partial charge in [-0.3, -0.25) is 0 Å². The van der Waals surface area contributed by atoms with E-state index in [1.165, 1.54) is 19.9 Å². The molecule has 1 aromatic carbocycles. The number of allylic oxidation sites excluding steroid dienone is 2.